The highest BCUT2D eigenvalue weighted by molar-refractivity contribution is 6.30. The zero-order valence-electron chi connectivity index (χ0n) is 15.1. The molecule has 1 aromatic carbocycles. The van der Waals surface area contributed by atoms with Crippen LogP contribution in [0, 0.1) is 29.1 Å². The molecule has 6 nitrogen and oxygen atoms in total. The Morgan fingerprint density at radius 2 is 1.80 bits per heavy atom. The topological polar surface area (TPSA) is 60.9 Å². The molecule has 1 fully saturated rings. The first-order valence-corrected chi connectivity index (χ1v) is 8.94. The number of aromatic nitrogens is 1. The Morgan fingerprint density at radius 3 is 2.47 bits per heavy atom. The highest BCUT2D eigenvalue weighted by atomic mass is 35.5. The number of rotatable bonds is 6. The maximum Gasteiger partial charge on any atom is 0.260 e. The SMILES string of the molecule is O=C(COc1c(F)c(F)c(F)c(F)c1F)N1CCOC(COc2cccnc2Cl)C1. The van der Waals surface area contributed by atoms with Crippen LogP contribution in [0.3, 0.4) is 0 Å². The summed E-state index contributed by atoms with van der Waals surface area (Å²) in [5.41, 5.74) is 0. The number of halogens is 6. The van der Waals surface area contributed by atoms with Gasteiger partial charge in [0, 0.05) is 12.7 Å². The van der Waals surface area contributed by atoms with Crippen LogP contribution in [0.25, 0.3) is 0 Å². The van der Waals surface area contributed by atoms with Gasteiger partial charge >= 0.3 is 0 Å². The highest BCUT2D eigenvalue weighted by Crippen LogP contribution is 2.29. The highest BCUT2D eigenvalue weighted by Gasteiger charge is 2.29. The molecular formula is C18H14ClF5N2O4. The number of ether oxygens (including phenoxy) is 3. The molecule has 1 amide bonds. The van der Waals surface area contributed by atoms with E-state index in [4.69, 9.17) is 21.1 Å². The molecule has 1 saturated heterocycles. The summed E-state index contributed by atoms with van der Waals surface area (Å²) >= 11 is 5.88. The molecule has 2 heterocycles. The summed E-state index contributed by atoms with van der Waals surface area (Å²) in [7, 11) is 0. The van der Waals surface area contributed by atoms with Crippen LogP contribution in [0.4, 0.5) is 22.0 Å². The molecule has 1 unspecified atom stereocenters. The monoisotopic (exact) mass is 452 g/mol. The van der Waals surface area contributed by atoms with Crippen molar-refractivity contribution in [2.24, 2.45) is 0 Å². The summed E-state index contributed by atoms with van der Waals surface area (Å²) in [4.78, 5) is 17.4. The fraction of sp³-hybridized carbons (Fsp3) is 0.333. The van der Waals surface area contributed by atoms with Gasteiger partial charge in [-0.3, -0.25) is 4.79 Å². The van der Waals surface area contributed by atoms with Gasteiger partial charge in [-0.15, -0.1) is 0 Å². The van der Waals surface area contributed by atoms with Gasteiger partial charge in [-0.25, -0.2) is 18.2 Å². The molecule has 1 atom stereocenters. The first-order chi connectivity index (χ1) is 14.3. The van der Waals surface area contributed by atoms with E-state index in [0.29, 0.717) is 5.75 Å². The third kappa shape index (κ3) is 4.73. The number of pyridine rings is 1. The van der Waals surface area contributed by atoms with Gasteiger partial charge in [0.05, 0.1) is 13.2 Å². The lowest BCUT2D eigenvalue weighted by Crippen LogP contribution is -2.49. The Kier molecular flexibility index (Phi) is 6.93. The summed E-state index contributed by atoms with van der Waals surface area (Å²) in [5, 5.41) is 0.150. The molecule has 0 aliphatic carbocycles. The molecule has 2 aromatic rings. The molecule has 3 rings (SSSR count). The van der Waals surface area contributed by atoms with E-state index in [1.54, 1.807) is 12.1 Å². The predicted octanol–water partition coefficient (Wildman–Crippen LogP) is 3.12. The lowest BCUT2D eigenvalue weighted by molar-refractivity contribution is -0.142. The van der Waals surface area contributed by atoms with Gasteiger partial charge in [-0.1, -0.05) is 11.6 Å². The minimum atomic E-state index is -2.31. The second kappa shape index (κ2) is 9.43. The van der Waals surface area contributed by atoms with Crippen LogP contribution in [0.5, 0.6) is 11.5 Å². The maximum atomic E-state index is 13.6. The van der Waals surface area contributed by atoms with Gasteiger partial charge in [0.1, 0.15) is 12.7 Å². The summed E-state index contributed by atoms with van der Waals surface area (Å²) in [5.74, 6) is -12.9. The summed E-state index contributed by atoms with van der Waals surface area (Å²) in [6, 6.07) is 3.22. The van der Waals surface area contributed by atoms with Crippen molar-refractivity contribution < 1.29 is 41.0 Å². The summed E-state index contributed by atoms with van der Waals surface area (Å²) in [6.45, 7) is -0.558. The second-order valence-electron chi connectivity index (χ2n) is 6.12. The average molecular weight is 453 g/mol. The van der Waals surface area contributed by atoms with Crippen LogP contribution in [-0.4, -0.2) is 54.8 Å². The van der Waals surface area contributed by atoms with Gasteiger partial charge in [0.15, 0.2) is 23.3 Å². The molecule has 0 spiro atoms. The van der Waals surface area contributed by atoms with Gasteiger partial charge < -0.3 is 19.1 Å². The maximum absolute atomic E-state index is 13.6. The number of benzene rings is 1. The number of carbonyl (C=O) groups excluding carboxylic acids is 1. The number of hydrogen-bond donors (Lipinski definition) is 0. The van der Waals surface area contributed by atoms with E-state index >= 15 is 0 Å². The van der Waals surface area contributed by atoms with E-state index in [-0.39, 0.29) is 31.5 Å². The molecular weight excluding hydrogens is 439 g/mol. The number of nitrogens with zero attached hydrogens (tertiary/aromatic N) is 2. The van der Waals surface area contributed by atoms with E-state index in [1.807, 2.05) is 0 Å². The molecule has 0 saturated carbocycles. The number of hydrogen-bond acceptors (Lipinski definition) is 5. The van der Waals surface area contributed by atoms with Crippen LogP contribution < -0.4 is 9.47 Å². The summed E-state index contributed by atoms with van der Waals surface area (Å²) < 4.78 is 82.3. The Balaban J connectivity index is 1.58. The van der Waals surface area contributed by atoms with Gasteiger partial charge in [0.2, 0.25) is 29.1 Å². The van der Waals surface area contributed by atoms with Crippen LogP contribution in [-0.2, 0) is 9.53 Å². The number of carbonyl (C=O) groups is 1. The van der Waals surface area contributed by atoms with E-state index in [1.165, 1.54) is 11.1 Å². The molecule has 0 bridgehead atoms. The third-order valence-electron chi connectivity index (χ3n) is 4.15. The van der Waals surface area contributed by atoms with Crippen LogP contribution >= 0.6 is 11.6 Å². The quantitative estimate of drug-likeness (QED) is 0.292. The molecule has 0 N–H and O–H groups in total. The normalized spacial score (nSPS) is 16.5. The first-order valence-electron chi connectivity index (χ1n) is 8.56. The molecule has 1 aliphatic rings. The zero-order valence-corrected chi connectivity index (χ0v) is 15.9. The van der Waals surface area contributed by atoms with Gasteiger partial charge in [-0.05, 0) is 12.1 Å². The fourth-order valence-corrected chi connectivity index (χ4v) is 2.82. The van der Waals surface area contributed by atoms with Crippen molar-refractivity contribution in [3.63, 3.8) is 0 Å². The average Bonchev–Trinajstić information content (AvgIpc) is 2.76. The van der Waals surface area contributed by atoms with Crippen LogP contribution in [0.1, 0.15) is 0 Å². The van der Waals surface area contributed by atoms with Crippen molar-refractivity contribution in [1.29, 1.82) is 0 Å². The Hall–Kier alpha value is -2.66. The minimum Gasteiger partial charge on any atom is -0.488 e. The van der Waals surface area contributed by atoms with Crippen LogP contribution in [0.15, 0.2) is 18.3 Å². The minimum absolute atomic E-state index is 0.0354. The van der Waals surface area contributed by atoms with Crippen molar-refractivity contribution in [2.45, 2.75) is 6.10 Å². The largest absolute Gasteiger partial charge is 0.488 e. The van der Waals surface area contributed by atoms with Crippen molar-refractivity contribution >= 4 is 17.5 Å². The lowest BCUT2D eigenvalue weighted by atomic mass is 10.2. The Bertz CT molecular complexity index is 920. The van der Waals surface area contributed by atoms with Crippen molar-refractivity contribution in [3.05, 3.63) is 52.6 Å². The van der Waals surface area contributed by atoms with E-state index in [2.05, 4.69) is 9.72 Å². The summed E-state index contributed by atoms with van der Waals surface area (Å²) in [6.07, 6.45) is 0.935. The smallest absolute Gasteiger partial charge is 0.260 e. The van der Waals surface area contributed by atoms with Crippen molar-refractivity contribution in [3.8, 4) is 11.5 Å². The van der Waals surface area contributed by atoms with Crippen LogP contribution in [0.2, 0.25) is 5.15 Å². The van der Waals surface area contributed by atoms with Gasteiger partial charge in [0.25, 0.3) is 5.91 Å². The van der Waals surface area contributed by atoms with Crippen molar-refractivity contribution in [1.82, 2.24) is 9.88 Å². The van der Waals surface area contributed by atoms with Gasteiger partial charge in [-0.2, -0.15) is 8.78 Å². The fourth-order valence-electron chi connectivity index (χ4n) is 2.65. The molecule has 30 heavy (non-hydrogen) atoms. The molecule has 162 valence electrons. The standard InChI is InChI=1S/C18H14ClF5N2O4/c19-18-10(2-1-3-25-18)29-7-9-6-26(4-5-28-9)11(27)8-30-17-15(23)13(21)12(20)14(22)16(17)24/h1-3,9H,4-8H2. The Morgan fingerprint density at radius 1 is 1.13 bits per heavy atom. The molecule has 1 aromatic heterocycles. The van der Waals surface area contributed by atoms with E-state index in [0.717, 1.165) is 0 Å². The molecule has 0 radical (unpaired) electrons. The molecule has 12 heteroatoms. The predicted molar refractivity (Wildman–Crippen MR) is 92.8 cm³/mol. The third-order valence-corrected chi connectivity index (χ3v) is 4.43. The molecule has 1 aliphatic heterocycles. The second-order valence-corrected chi connectivity index (χ2v) is 6.48. The zero-order chi connectivity index (χ0) is 21.8. The van der Waals surface area contributed by atoms with E-state index < -0.39 is 53.5 Å². The van der Waals surface area contributed by atoms with E-state index in [9.17, 15) is 26.7 Å². The lowest BCUT2D eigenvalue weighted by Gasteiger charge is -2.32. The Labute approximate surface area is 172 Å². The number of amides is 1. The first kappa shape index (κ1) is 22.0. The number of morpholine rings is 1. The van der Waals surface area contributed by atoms with Crippen molar-refractivity contribution in [2.75, 3.05) is 32.9 Å².